The topological polar surface area (TPSA) is 43.5 Å². The summed E-state index contributed by atoms with van der Waals surface area (Å²) in [5.74, 6) is -1.68. The second-order valence-corrected chi connectivity index (χ2v) is 10.4. The summed E-state index contributed by atoms with van der Waals surface area (Å²) in [6, 6.07) is 4.82. The number of hydrogen-bond acceptors (Lipinski definition) is 4. The maximum absolute atomic E-state index is 15.6. The van der Waals surface area contributed by atoms with Crippen LogP contribution in [0.15, 0.2) is 30.3 Å². The number of anilines is 1. The minimum Gasteiger partial charge on any atom is -0.434 e. The Morgan fingerprint density at radius 2 is 1.93 bits per heavy atom. The molecule has 0 bridgehead atoms. The zero-order valence-electron chi connectivity index (χ0n) is 21.9. The number of benzene rings is 2. The van der Waals surface area contributed by atoms with Crippen molar-refractivity contribution >= 4 is 16.6 Å². The molecule has 2 aliphatic heterocycles. The summed E-state index contributed by atoms with van der Waals surface area (Å²) in [5, 5.41) is 3.59. The van der Waals surface area contributed by atoms with Gasteiger partial charge in [-0.15, -0.1) is 0 Å². The molecule has 2 aliphatic rings. The molecule has 3 aromatic rings. The van der Waals surface area contributed by atoms with Crippen LogP contribution in [0.4, 0.5) is 36.4 Å². The summed E-state index contributed by atoms with van der Waals surface area (Å²) in [6.07, 6.45) is -1.43. The summed E-state index contributed by atoms with van der Waals surface area (Å²) in [7, 11) is 0. The average Bonchev–Trinajstić information content (AvgIpc) is 3.50. The third kappa shape index (κ3) is 5.74. The van der Waals surface area contributed by atoms with Crippen molar-refractivity contribution in [3.05, 3.63) is 58.8 Å². The Kier molecular flexibility index (Phi) is 8.46. The van der Waals surface area contributed by atoms with Crippen molar-refractivity contribution in [2.75, 3.05) is 38.2 Å². The summed E-state index contributed by atoms with van der Waals surface area (Å²) in [5.41, 5.74) is 1.01. The Morgan fingerprint density at radius 3 is 2.65 bits per heavy atom. The lowest BCUT2D eigenvalue weighted by atomic mass is 9.88. The third-order valence-electron chi connectivity index (χ3n) is 7.79. The molecule has 1 aromatic heterocycles. The van der Waals surface area contributed by atoms with Crippen LogP contribution in [0.3, 0.4) is 0 Å². The first kappa shape index (κ1) is 28.5. The van der Waals surface area contributed by atoms with Crippen molar-refractivity contribution in [3.8, 4) is 5.75 Å². The Labute approximate surface area is 227 Å². The molecule has 12 heteroatoms. The highest BCUT2D eigenvalue weighted by atomic mass is 19.3. The van der Waals surface area contributed by atoms with Gasteiger partial charge in [0.15, 0.2) is 0 Å². The van der Waals surface area contributed by atoms with Crippen molar-refractivity contribution in [1.82, 2.24) is 14.8 Å². The van der Waals surface area contributed by atoms with E-state index in [9.17, 15) is 26.3 Å². The Bertz CT molecular complexity index is 1330. The lowest BCUT2D eigenvalue weighted by Crippen LogP contribution is -2.45. The van der Waals surface area contributed by atoms with Crippen molar-refractivity contribution in [2.45, 2.75) is 57.3 Å². The monoisotopic (exact) mass is 572 g/mol. The molecule has 1 unspecified atom stereocenters. The molecule has 218 valence electrons. The van der Waals surface area contributed by atoms with E-state index in [4.69, 9.17) is 4.74 Å². The molecule has 2 N–H and O–H groups in total. The van der Waals surface area contributed by atoms with E-state index in [1.807, 2.05) is 4.90 Å². The number of fused-ring (bicyclic) bond motifs is 3. The van der Waals surface area contributed by atoms with Gasteiger partial charge in [-0.05, 0) is 43.9 Å². The van der Waals surface area contributed by atoms with Gasteiger partial charge in [0.1, 0.15) is 17.4 Å². The quantitative estimate of drug-likeness (QED) is 0.273. The molecule has 40 heavy (non-hydrogen) atoms. The summed E-state index contributed by atoms with van der Waals surface area (Å²) in [6.45, 7) is -0.932. The zero-order chi connectivity index (χ0) is 28.6. The van der Waals surface area contributed by atoms with E-state index in [1.165, 1.54) is 17.0 Å². The molecule has 0 saturated carbocycles. The lowest BCUT2D eigenvalue weighted by molar-refractivity contribution is -0.0516. The molecular formula is C28H31F7N4O. The molecule has 0 spiro atoms. The number of rotatable bonds is 10. The van der Waals surface area contributed by atoms with E-state index in [-0.39, 0.29) is 28.6 Å². The molecule has 3 heterocycles. The second kappa shape index (κ2) is 11.9. The number of H-pyrrole nitrogens is 1. The van der Waals surface area contributed by atoms with Crippen molar-refractivity contribution in [1.29, 1.82) is 0 Å². The van der Waals surface area contributed by atoms with Gasteiger partial charge in [-0.2, -0.15) is 8.78 Å². The van der Waals surface area contributed by atoms with Gasteiger partial charge in [0.05, 0.1) is 30.5 Å². The van der Waals surface area contributed by atoms with Crippen LogP contribution in [0.1, 0.15) is 42.6 Å². The fraction of sp³-hybridized carbons (Fsp3) is 0.500. The maximum Gasteiger partial charge on any atom is 0.387 e. The number of ether oxygens (including phenoxy) is 1. The molecule has 1 saturated heterocycles. The number of nitrogens with one attached hydrogen (secondary N) is 2. The number of aromatic nitrogens is 1. The van der Waals surface area contributed by atoms with E-state index in [0.29, 0.717) is 55.5 Å². The summed E-state index contributed by atoms with van der Waals surface area (Å²) in [4.78, 5) is 6.41. The van der Waals surface area contributed by atoms with Crippen LogP contribution < -0.4 is 10.1 Å². The molecule has 5 nitrogen and oxygen atoms in total. The van der Waals surface area contributed by atoms with E-state index < -0.39 is 50.0 Å². The number of nitrogens with zero attached hydrogens (tertiary/aromatic N) is 2. The first-order valence-corrected chi connectivity index (χ1v) is 13.3. The Morgan fingerprint density at radius 1 is 1.12 bits per heavy atom. The highest BCUT2D eigenvalue weighted by Crippen LogP contribution is 2.45. The fourth-order valence-corrected chi connectivity index (χ4v) is 6.07. The predicted molar refractivity (Wildman–Crippen MR) is 138 cm³/mol. The number of halogens is 7. The highest BCUT2D eigenvalue weighted by molar-refractivity contribution is 5.86. The first-order valence-electron chi connectivity index (χ1n) is 13.3. The zero-order valence-corrected chi connectivity index (χ0v) is 21.9. The maximum atomic E-state index is 15.6. The van der Waals surface area contributed by atoms with E-state index in [1.54, 1.807) is 13.0 Å². The standard InChI is InChI=1S/C28H31F7N4O/c1-15-10-18-17-4-2-5-20(30)25(17)37-26(18)27(39(15)14-24(32)33)19-11-21(31)22(12-23(19)40-28(34)35)36-16-6-9-38(13-16)8-3-7-29/h2,4-5,11-12,15-16,24,27-28,36-37H,3,6-10,13-14H2,1H3/t15-,16+,27?/m1/s1. The Hall–Kier alpha value is -2.99. The van der Waals surface area contributed by atoms with Crippen molar-refractivity contribution in [2.24, 2.45) is 0 Å². The Balaban J connectivity index is 1.57. The van der Waals surface area contributed by atoms with Gasteiger partial charge in [-0.3, -0.25) is 9.29 Å². The van der Waals surface area contributed by atoms with Crippen molar-refractivity contribution in [3.63, 3.8) is 0 Å². The number of alkyl halides is 5. The van der Waals surface area contributed by atoms with E-state index in [0.717, 1.165) is 12.1 Å². The number of aromatic amines is 1. The predicted octanol–water partition coefficient (Wildman–Crippen LogP) is 6.49. The van der Waals surface area contributed by atoms with Gasteiger partial charge in [-0.1, -0.05) is 12.1 Å². The van der Waals surface area contributed by atoms with Gasteiger partial charge < -0.3 is 19.9 Å². The van der Waals surface area contributed by atoms with Crippen LogP contribution in [0.2, 0.25) is 0 Å². The second-order valence-electron chi connectivity index (χ2n) is 10.4. The highest BCUT2D eigenvalue weighted by Gasteiger charge is 2.39. The third-order valence-corrected chi connectivity index (χ3v) is 7.79. The molecular weight excluding hydrogens is 541 g/mol. The minimum atomic E-state index is -3.26. The largest absolute Gasteiger partial charge is 0.434 e. The van der Waals surface area contributed by atoms with Crippen LogP contribution >= 0.6 is 0 Å². The van der Waals surface area contributed by atoms with Crippen molar-refractivity contribution < 1.29 is 35.5 Å². The van der Waals surface area contributed by atoms with Gasteiger partial charge in [0.25, 0.3) is 6.43 Å². The summed E-state index contributed by atoms with van der Waals surface area (Å²) >= 11 is 0. The normalized spacial score (nSPS) is 22.0. The molecule has 2 aromatic carbocycles. The fourth-order valence-electron chi connectivity index (χ4n) is 6.07. The smallest absolute Gasteiger partial charge is 0.387 e. The molecule has 0 aliphatic carbocycles. The van der Waals surface area contributed by atoms with Gasteiger partial charge in [0, 0.05) is 54.4 Å². The molecule has 0 amide bonds. The van der Waals surface area contributed by atoms with Crippen LogP contribution in [0.25, 0.3) is 10.9 Å². The number of likely N-dealkylation sites (tertiary alicyclic amines) is 1. The van der Waals surface area contributed by atoms with Crippen LogP contribution in [0, 0.1) is 11.6 Å². The van der Waals surface area contributed by atoms with Gasteiger partial charge in [-0.25, -0.2) is 17.6 Å². The van der Waals surface area contributed by atoms with E-state index >= 15 is 4.39 Å². The summed E-state index contributed by atoms with van der Waals surface area (Å²) < 4.78 is 102. The number of para-hydroxylation sites is 1. The van der Waals surface area contributed by atoms with Crippen LogP contribution in [-0.2, 0) is 6.42 Å². The van der Waals surface area contributed by atoms with Crippen LogP contribution in [-0.4, -0.2) is 72.8 Å². The van der Waals surface area contributed by atoms with Gasteiger partial charge >= 0.3 is 6.61 Å². The molecule has 1 fully saturated rings. The lowest BCUT2D eigenvalue weighted by Gasteiger charge is -2.41. The van der Waals surface area contributed by atoms with E-state index in [2.05, 4.69) is 10.3 Å². The SMILES string of the molecule is C[C@@H]1Cc2c([nH]c3c(F)cccc23)C(c2cc(F)c(N[C@H]3CCN(CCCF)C3)cc2OC(F)F)N1CC(F)F. The first-order chi connectivity index (χ1) is 19.2. The van der Waals surface area contributed by atoms with Crippen LogP contribution in [0.5, 0.6) is 5.75 Å². The average molecular weight is 573 g/mol. The van der Waals surface area contributed by atoms with Gasteiger partial charge in [0.2, 0.25) is 0 Å². The molecule has 0 radical (unpaired) electrons. The number of hydrogen-bond donors (Lipinski definition) is 2. The minimum absolute atomic E-state index is 0.0658. The molecule has 3 atom stereocenters. The molecule has 5 rings (SSSR count).